The summed E-state index contributed by atoms with van der Waals surface area (Å²) in [5.74, 6) is 1.26. The Hall–Kier alpha value is -3.03. The summed E-state index contributed by atoms with van der Waals surface area (Å²) in [7, 11) is 0. The van der Waals surface area contributed by atoms with E-state index >= 15 is 0 Å². The zero-order valence-electron chi connectivity index (χ0n) is 16.3. The molecule has 0 bridgehead atoms. The van der Waals surface area contributed by atoms with Gasteiger partial charge in [-0.15, -0.1) is 0 Å². The van der Waals surface area contributed by atoms with E-state index in [4.69, 9.17) is 10.5 Å². The van der Waals surface area contributed by atoms with Crippen LogP contribution in [0.4, 0.5) is 5.82 Å². The average Bonchev–Trinajstić information content (AvgIpc) is 2.75. The van der Waals surface area contributed by atoms with Gasteiger partial charge in [-0.05, 0) is 17.7 Å². The molecular weight excluding hydrogens is 366 g/mol. The van der Waals surface area contributed by atoms with Crippen LogP contribution in [0.15, 0.2) is 54.6 Å². The van der Waals surface area contributed by atoms with Crippen LogP contribution in [-0.2, 0) is 22.7 Å². The first-order valence-electron chi connectivity index (χ1n) is 9.82. The van der Waals surface area contributed by atoms with Gasteiger partial charge in [-0.1, -0.05) is 42.5 Å². The SMILES string of the molecule is Nc1nc(CN2CCN(C(=O)COCc3ccccc3)CC2)nc2ccccc12. The number of nitrogen functional groups attached to an aromatic ring is 1. The summed E-state index contributed by atoms with van der Waals surface area (Å²) in [4.78, 5) is 25.6. The molecule has 2 N–H and O–H groups in total. The van der Waals surface area contributed by atoms with E-state index in [1.807, 2.05) is 59.5 Å². The van der Waals surface area contributed by atoms with Crippen molar-refractivity contribution >= 4 is 22.6 Å². The van der Waals surface area contributed by atoms with Crippen molar-refractivity contribution in [2.45, 2.75) is 13.2 Å². The topological polar surface area (TPSA) is 84.6 Å². The van der Waals surface area contributed by atoms with Crippen molar-refractivity contribution in [1.29, 1.82) is 0 Å². The van der Waals surface area contributed by atoms with E-state index in [1.165, 1.54) is 0 Å². The maximum Gasteiger partial charge on any atom is 0.248 e. The summed E-state index contributed by atoms with van der Waals surface area (Å²) in [6.07, 6.45) is 0. The Morgan fingerprint density at radius 1 is 0.966 bits per heavy atom. The fraction of sp³-hybridized carbons (Fsp3) is 0.318. The van der Waals surface area contributed by atoms with Crippen LogP contribution in [0.1, 0.15) is 11.4 Å². The van der Waals surface area contributed by atoms with Gasteiger partial charge in [-0.3, -0.25) is 9.69 Å². The molecule has 1 aromatic heterocycles. The van der Waals surface area contributed by atoms with E-state index in [1.54, 1.807) is 0 Å². The molecule has 29 heavy (non-hydrogen) atoms. The van der Waals surface area contributed by atoms with E-state index in [0.717, 1.165) is 29.6 Å². The highest BCUT2D eigenvalue weighted by molar-refractivity contribution is 5.87. The van der Waals surface area contributed by atoms with Gasteiger partial charge in [0.1, 0.15) is 18.2 Å². The second-order valence-corrected chi connectivity index (χ2v) is 7.18. The maximum atomic E-state index is 12.4. The van der Waals surface area contributed by atoms with E-state index in [2.05, 4.69) is 14.9 Å². The standard InChI is InChI=1S/C22H25N5O2/c23-22-18-8-4-5-9-19(18)24-20(25-22)14-26-10-12-27(13-11-26)21(28)16-29-15-17-6-2-1-3-7-17/h1-9H,10-16H2,(H2,23,24,25). The Morgan fingerprint density at radius 3 is 2.48 bits per heavy atom. The van der Waals surface area contributed by atoms with Gasteiger partial charge in [0.05, 0.1) is 18.7 Å². The number of ether oxygens (including phenoxy) is 1. The number of aromatic nitrogens is 2. The fourth-order valence-corrected chi connectivity index (χ4v) is 3.50. The number of benzene rings is 2. The van der Waals surface area contributed by atoms with Gasteiger partial charge in [0.15, 0.2) is 0 Å². The molecule has 1 aliphatic rings. The molecule has 7 nitrogen and oxygen atoms in total. The van der Waals surface area contributed by atoms with Crippen LogP contribution >= 0.6 is 0 Å². The number of nitrogens with two attached hydrogens (primary N) is 1. The van der Waals surface area contributed by atoms with E-state index in [9.17, 15) is 4.79 Å². The van der Waals surface area contributed by atoms with Gasteiger partial charge < -0.3 is 15.4 Å². The molecule has 0 spiro atoms. The molecule has 0 unspecified atom stereocenters. The molecular formula is C22H25N5O2. The van der Waals surface area contributed by atoms with E-state index in [-0.39, 0.29) is 12.5 Å². The van der Waals surface area contributed by atoms with Gasteiger partial charge in [-0.2, -0.15) is 0 Å². The number of anilines is 1. The summed E-state index contributed by atoms with van der Waals surface area (Å²) in [6.45, 7) is 4.10. The molecule has 1 amide bonds. The quantitative estimate of drug-likeness (QED) is 0.693. The smallest absolute Gasteiger partial charge is 0.248 e. The summed E-state index contributed by atoms with van der Waals surface area (Å²) < 4.78 is 5.57. The number of amides is 1. The molecule has 2 heterocycles. The van der Waals surface area contributed by atoms with Crippen LogP contribution in [0.25, 0.3) is 10.9 Å². The highest BCUT2D eigenvalue weighted by Gasteiger charge is 2.22. The molecule has 0 saturated carbocycles. The summed E-state index contributed by atoms with van der Waals surface area (Å²) in [5.41, 5.74) is 8.01. The second kappa shape index (κ2) is 8.98. The van der Waals surface area contributed by atoms with Crippen molar-refractivity contribution in [1.82, 2.24) is 19.8 Å². The van der Waals surface area contributed by atoms with Crippen LogP contribution in [0.5, 0.6) is 0 Å². The zero-order chi connectivity index (χ0) is 20.1. The molecule has 150 valence electrons. The van der Waals surface area contributed by atoms with Crippen LogP contribution in [0, 0.1) is 0 Å². The predicted molar refractivity (Wildman–Crippen MR) is 112 cm³/mol. The van der Waals surface area contributed by atoms with Crippen LogP contribution in [0.2, 0.25) is 0 Å². The third kappa shape index (κ3) is 4.88. The van der Waals surface area contributed by atoms with Crippen molar-refractivity contribution in [2.24, 2.45) is 0 Å². The van der Waals surface area contributed by atoms with Gasteiger partial charge in [0, 0.05) is 31.6 Å². The minimum Gasteiger partial charge on any atom is -0.383 e. The Kier molecular flexibility index (Phi) is 5.97. The maximum absolute atomic E-state index is 12.4. The highest BCUT2D eigenvalue weighted by Crippen LogP contribution is 2.18. The van der Waals surface area contributed by atoms with Crippen LogP contribution in [0.3, 0.4) is 0 Å². The fourth-order valence-electron chi connectivity index (χ4n) is 3.50. The lowest BCUT2D eigenvalue weighted by atomic mass is 10.2. The molecule has 1 aliphatic heterocycles. The van der Waals surface area contributed by atoms with Crippen molar-refractivity contribution < 1.29 is 9.53 Å². The molecule has 4 rings (SSSR count). The van der Waals surface area contributed by atoms with Crippen LogP contribution < -0.4 is 5.73 Å². The van der Waals surface area contributed by atoms with Crippen molar-refractivity contribution in [2.75, 3.05) is 38.5 Å². The lowest BCUT2D eigenvalue weighted by molar-refractivity contribution is -0.138. The third-order valence-corrected chi connectivity index (χ3v) is 5.11. The molecule has 0 atom stereocenters. The monoisotopic (exact) mass is 391 g/mol. The number of hydrogen-bond donors (Lipinski definition) is 1. The zero-order valence-corrected chi connectivity index (χ0v) is 16.3. The number of piperazine rings is 1. The minimum absolute atomic E-state index is 0.0341. The van der Waals surface area contributed by atoms with Gasteiger partial charge in [-0.25, -0.2) is 9.97 Å². The molecule has 0 radical (unpaired) electrons. The molecule has 0 aliphatic carbocycles. The number of rotatable bonds is 6. The van der Waals surface area contributed by atoms with Crippen LogP contribution in [-0.4, -0.2) is 58.5 Å². The molecule has 1 fully saturated rings. The largest absolute Gasteiger partial charge is 0.383 e. The highest BCUT2D eigenvalue weighted by atomic mass is 16.5. The number of carbonyl (C=O) groups excluding carboxylic acids is 1. The van der Waals surface area contributed by atoms with Gasteiger partial charge in [0.25, 0.3) is 0 Å². The molecule has 2 aromatic carbocycles. The normalized spacial score (nSPS) is 15.0. The predicted octanol–water partition coefficient (Wildman–Crippen LogP) is 2.07. The number of nitrogens with zero attached hydrogens (tertiary/aromatic N) is 4. The molecule has 3 aromatic rings. The minimum atomic E-state index is 0.0341. The van der Waals surface area contributed by atoms with Gasteiger partial charge in [0.2, 0.25) is 5.91 Å². The van der Waals surface area contributed by atoms with Crippen molar-refractivity contribution in [3.63, 3.8) is 0 Å². The third-order valence-electron chi connectivity index (χ3n) is 5.11. The molecule has 1 saturated heterocycles. The van der Waals surface area contributed by atoms with E-state index < -0.39 is 0 Å². The summed E-state index contributed by atoms with van der Waals surface area (Å²) >= 11 is 0. The first kappa shape index (κ1) is 19.3. The number of para-hydroxylation sites is 1. The Labute approximate surface area is 170 Å². The first-order chi connectivity index (χ1) is 14.2. The van der Waals surface area contributed by atoms with E-state index in [0.29, 0.717) is 37.9 Å². The summed E-state index contributed by atoms with van der Waals surface area (Å²) in [5, 5.41) is 0.877. The van der Waals surface area contributed by atoms with Crippen molar-refractivity contribution in [3.8, 4) is 0 Å². The Balaban J connectivity index is 1.25. The molecule has 7 heteroatoms. The average molecular weight is 391 g/mol. The lowest BCUT2D eigenvalue weighted by Gasteiger charge is -2.34. The Bertz CT molecular complexity index is 971. The number of carbonyl (C=O) groups is 1. The second-order valence-electron chi connectivity index (χ2n) is 7.18. The first-order valence-corrected chi connectivity index (χ1v) is 9.82. The number of hydrogen-bond acceptors (Lipinski definition) is 6. The lowest BCUT2D eigenvalue weighted by Crippen LogP contribution is -2.49. The number of fused-ring (bicyclic) bond motifs is 1. The Morgan fingerprint density at radius 2 is 1.69 bits per heavy atom. The van der Waals surface area contributed by atoms with Crippen molar-refractivity contribution in [3.05, 3.63) is 66.0 Å². The van der Waals surface area contributed by atoms with Gasteiger partial charge >= 0.3 is 0 Å². The summed E-state index contributed by atoms with van der Waals surface area (Å²) in [6, 6.07) is 17.6.